The first kappa shape index (κ1) is 25.2. The summed E-state index contributed by atoms with van der Waals surface area (Å²) >= 11 is 0. The van der Waals surface area contributed by atoms with Gasteiger partial charge in [-0.1, -0.05) is 84.0 Å². The fourth-order valence-corrected chi connectivity index (χ4v) is 3.57. The minimum absolute atomic E-state index is 0. The topological polar surface area (TPSA) is 12.5 Å². The SMILES string of the molecule is CCCCCCCCCCCCCCCC[N+](C)(C)CCC1CO1.[Cl-]. The average molecular weight is 376 g/mol. The lowest BCUT2D eigenvalue weighted by atomic mass is 10.0. The van der Waals surface area contributed by atoms with Crippen molar-refractivity contribution in [1.29, 1.82) is 0 Å². The highest BCUT2D eigenvalue weighted by Crippen LogP contribution is 2.17. The van der Waals surface area contributed by atoms with Crippen LogP contribution in [0.4, 0.5) is 0 Å². The summed E-state index contributed by atoms with van der Waals surface area (Å²) in [5, 5.41) is 0. The molecular formula is C22H46ClNO. The van der Waals surface area contributed by atoms with Gasteiger partial charge in [-0.3, -0.25) is 0 Å². The van der Waals surface area contributed by atoms with E-state index < -0.39 is 0 Å². The number of halogens is 1. The molecule has 0 amide bonds. The largest absolute Gasteiger partial charge is 1.00 e. The molecular weight excluding hydrogens is 330 g/mol. The molecule has 2 nitrogen and oxygen atoms in total. The smallest absolute Gasteiger partial charge is 0.0863 e. The van der Waals surface area contributed by atoms with Gasteiger partial charge in [0.2, 0.25) is 0 Å². The maximum Gasteiger partial charge on any atom is 0.0863 e. The molecule has 1 atom stereocenters. The number of hydrogen-bond donors (Lipinski definition) is 0. The lowest BCUT2D eigenvalue weighted by molar-refractivity contribution is -0.890. The van der Waals surface area contributed by atoms with Crippen LogP contribution in [0.3, 0.4) is 0 Å². The Balaban J connectivity index is 0.00000576. The molecule has 0 saturated carbocycles. The molecule has 0 spiro atoms. The maximum atomic E-state index is 5.32. The summed E-state index contributed by atoms with van der Waals surface area (Å²) in [6, 6.07) is 0. The number of quaternary nitrogens is 1. The van der Waals surface area contributed by atoms with Gasteiger partial charge in [0.25, 0.3) is 0 Å². The zero-order chi connectivity index (χ0) is 17.5. The van der Waals surface area contributed by atoms with Crippen LogP contribution < -0.4 is 12.4 Å². The summed E-state index contributed by atoms with van der Waals surface area (Å²) in [5.74, 6) is 0. The Morgan fingerprint density at radius 1 is 0.680 bits per heavy atom. The van der Waals surface area contributed by atoms with Crippen molar-refractivity contribution in [2.24, 2.45) is 0 Å². The van der Waals surface area contributed by atoms with E-state index in [1.54, 1.807) is 0 Å². The summed E-state index contributed by atoms with van der Waals surface area (Å²) in [5.41, 5.74) is 0. The zero-order valence-electron chi connectivity index (χ0n) is 17.5. The molecule has 0 N–H and O–H groups in total. The number of hydrogen-bond acceptors (Lipinski definition) is 1. The fraction of sp³-hybridized carbons (Fsp3) is 1.00. The Morgan fingerprint density at radius 2 is 1.08 bits per heavy atom. The number of unbranched alkanes of at least 4 members (excludes halogenated alkanes) is 13. The second-order valence-corrected chi connectivity index (χ2v) is 8.72. The molecule has 0 aromatic heterocycles. The molecule has 0 aromatic carbocycles. The van der Waals surface area contributed by atoms with Crippen LogP contribution in [0.5, 0.6) is 0 Å². The third kappa shape index (κ3) is 17.4. The van der Waals surface area contributed by atoms with Crippen LogP contribution in [-0.2, 0) is 4.74 Å². The van der Waals surface area contributed by atoms with Crippen molar-refractivity contribution in [1.82, 2.24) is 0 Å². The third-order valence-electron chi connectivity index (χ3n) is 5.58. The van der Waals surface area contributed by atoms with Crippen LogP contribution in [0.1, 0.15) is 103 Å². The van der Waals surface area contributed by atoms with Crippen molar-refractivity contribution in [2.45, 2.75) is 109 Å². The van der Waals surface area contributed by atoms with Crippen LogP contribution in [0.25, 0.3) is 0 Å². The van der Waals surface area contributed by atoms with E-state index in [1.165, 1.54) is 114 Å². The van der Waals surface area contributed by atoms with Gasteiger partial charge in [0.05, 0.1) is 39.9 Å². The quantitative estimate of drug-likeness (QED) is 0.203. The summed E-state index contributed by atoms with van der Waals surface area (Å²) in [7, 11) is 4.76. The van der Waals surface area contributed by atoms with Gasteiger partial charge >= 0.3 is 0 Å². The molecule has 1 aliphatic rings. The molecule has 0 radical (unpaired) electrons. The predicted octanol–water partition coefficient (Wildman–Crippen LogP) is 3.34. The molecule has 1 saturated heterocycles. The number of ether oxygens (including phenoxy) is 1. The average Bonchev–Trinajstić information content (AvgIpc) is 3.38. The highest BCUT2D eigenvalue weighted by atomic mass is 35.5. The molecule has 152 valence electrons. The van der Waals surface area contributed by atoms with Crippen molar-refractivity contribution in [3.63, 3.8) is 0 Å². The third-order valence-corrected chi connectivity index (χ3v) is 5.58. The van der Waals surface area contributed by atoms with Crippen molar-refractivity contribution in [2.75, 3.05) is 33.8 Å². The Hall–Kier alpha value is 0.210. The molecule has 1 rings (SSSR count). The monoisotopic (exact) mass is 375 g/mol. The van der Waals surface area contributed by atoms with Crippen molar-refractivity contribution >= 4 is 0 Å². The zero-order valence-corrected chi connectivity index (χ0v) is 18.3. The van der Waals surface area contributed by atoms with Crippen LogP contribution in [0, 0.1) is 0 Å². The summed E-state index contributed by atoms with van der Waals surface area (Å²) < 4.78 is 6.50. The van der Waals surface area contributed by atoms with Gasteiger partial charge in [0.15, 0.2) is 0 Å². The molecule has 1 aliphatic heterocycles. The Kier molecular flexibility index (Phi) is 16.5. The first-order valence-corrected chi connectivity index (χ1v) is 11.1. The van der Waals surface area contributed by atoms with Crippen LogP contribution in [0.2, 0.25) is 0 Å². The second kappa shape index (κ2) is 16.4. The molecule has 1 unspecified atom stereocenters. The molecule has 25 heavy (non-hydrogen) atoms. The van der Waals surface area contributed by atoms with Crippen LogP contribution in [0.15, 0.2) is 0 Å². The normalized spacial score (nSPS) is 16.7. The maximum absolute atomic E-state index is 5.32. The minimum Gasteiger partial charge on any atom is -1.00 e. The van der Waals surface area contributed by atoms with Gasteiger partial charge < -0.3 is 21.6 Å². The van der Waals surface area contributed by atoms with Gasteiger partial charge in [0, 0.05) is 6.42 Å². The van der Waals surface area contributed by atoms with E-state index in [2.05, 4.69) is 21.0 Å². The molecule has 0 aliphatic carbocycles. The molecule has 3 heteroatoms. The lowest BCUT2D eigenvalue weighted by Crippen LogP contribution is -3.00. The van der Waals surface area contributed by atoms with Crippen molar-refractivity contribution in [3.8, 4) is 0 Å². The van der Waals surface area contributed by atoms with E-state index in [-0.39, 0.29) is 12.4 Å². The number of rotatable bonds is 18. The first-order chi connectivity index (χ1) is 11.6. The molecule has 0 bridgehead atoms. The fourth-order valence-electron chi connectivity index (χ4n) is 3.57. The lowest BCUT2D eigenvalue weighted by Gasteiger charge is -2.29. The van der Waals surface area contributed by atoms with E-state index in [0.717, 1.165) is 6.61 Å². The highest BCUT2D eigenvalue weighted by Gasteiger charge is 2.26. The van der Waals surface area contributed by atoms with Gasteiger partial charge in [-0.05, 0) is 12.8 Å². The first-order valence-electron chi connectivity index (χ1n) is 11.1. The summed E-state index contributed by atoms with van der Waals surface area (Å²) in [6.07, 6.45) is 22.1. The molecule has 0 aromatic rings. The molecule has 1 heterocycles. The van der Waals surface area contributed by atoms with E-state index in [1.807, 2.05) is 0 Å². The van der Waals surface area contributed by atoms with Gasteiger partial charge in [0.1, 0.15) is 0 Å². The highest BCUT2D eigenvalue weighted by molar-refractivity contribution is 4.67. The Bertz CT molecular complexity index is 279. The van der Waals surface area contributed by atoms with Gasteiger partial charge in [-0.25, -0.2) is 0 Å². The van der Waals surface area contributed by atoms with Crippen molar-refractivity contribution < 1.29 is 21.6 Å². The van der Waals surface area contributed by atoms with E-state index in [9.17, 15) is 0 Å². The van der Waals surface area contributed by atoms with Crippen LogP contribution >= 0.6 is 0 Å². The van der Waals surface area contributed by atoms with Crippen LogP contribution in [-0.4, -0.2) is 44.4 Å². The standard InChI is InChI=1S/C22H46NO.ClH/c1-4-5-6-7-8-9-10-11-12-13-14-15-16-17-19-23(2,3)20-18-22-21-24-22;/h22H,4-21H2,1-3H3;1H/q+1;/p-1. The van der Waals surface area contributed by atoms with E-state index >= 15 is 0 Å². The predicted molar refractivity (Wildman–Crippen MR) is 107 cm³/mol. The van der Waals surface area contributed by atoms with Gasteiger partial charge in [-0.15, -0.1) is 0 Å². The van der Waals surface area contributed by atoms with E-state index in [4.69, 9.17) is 4.74 Å². The van der Waals surface area contributed by atoms with E-state index in [0.29, 0.717) is 6.10 Å². The number of nitrogens with zero attached hydrogens (tertiary/aromatic N) is 1. The second-order valence-electron chi connectivity index (χ2n) is 8.72. The van der Waals surface area contributed by atoms with Gasteiger partial charge in [-0.2, -0.15) is 0 Å². The minimum atomic E-state index is 0. The van der Waals surface area contributed by atoms with Crippen molar-refractivity contribution in [3.05, 3.63) is 0 Å². The number of epoxide rings is 1. The summed E-state index contributed by atoms with van der Waals surface area (Å²) in [6.45, 7) is 5.93. The summed E-state index contributed by atoms with van der Waals surface area (Å²) in [4.78, 5) is 0. The Labute approximate surface area is 165 Å². The molecule has 1 fully saturated rings. The Morgan fingerprint density at radius 3 is 1.48 bits per heavy atom.